The van der Waals surface area contributed by atoms with E-state index in [0.29, 0.717) is 5.69 Å². The fourth-order valence-corrected chi connectivity index (χ4v) is 1.65. The van der Waals surface area contributed by atoms with Crippen molar-refractivity contribution in [3.63, 3.8) is 0 Å². The normalized spacial score (nSPS) is 11.7. The number of benzene rings is 1. The molecule has 0 aliphatic carbocycles. The van der Waals surface area contributed by atoms with Crippen LogP contribution in [0.15, 0.2) is 24.3 Å². The molecule has 0 bridgehead atoms. The van der Waals surface area contributed by atoms with Crippen molar-refractivity contribution in [1.29, 1.82) is 0 Å². The molecule has 0 heterocycles. The maximum Gasteiger partial charge on any atom is 0.229 e. The Morgan fingerprint density at radius 2 is 1.64 bits per heavy atom. The Labute approximate surface area is 85.2 Å². The number of rotatable bonds is 3. The molecule has 14 heavy (non-hydrogen) atoms. The molecule has 0 unspecified atom stereocenters. The van der Waals surface area contributed by atoms with Gasteiger partial charge in [-0.1, -0.05) is 26.0 Å². The van der Waals surface area contributed by atoms with Gasteiger partial charge in [-0.25, -0.2) is 8.42 Å². The Bertz CT molecular complexity index is 393. The molecule has 77 valence electrons. The molecule has 0 aliphatic rings. The van der Waals surface area contributed by atoms with E-state index in [2.05, 4.69) is 4.72 Å². The third-order valence-electron chi connectivity index (χ3n) is 1.77. The summed E-state index contributed by atoms with van der Waals surface area (Å²) in [7, 11) is -3.17. The minimum Gasteiger partial charge on any atom is -0.284 e. The van der Waals surface area contributed by atoms with Crippen molar-refractivity contribution in [2.45, 2.75) is 13.8 Å². The van der Waals surface area contributed by atoms with E-state index in [4.69, 9.17) is 0 Å². The highest BCUT2D eigenvalue weighted by molar-refractivity contribution is 7.92. The van der Waals surface area contributed by atoms with Gasteiger partial charge in [-0.05, 0) is 23.6 Å². The maximum atomic E-state index is 10.9. The fourth-order valence-electron chi connectivity index (χ4n) is 1.09. The van der Waals surface area contributed by atoms with Gasteiger partial charge in [-0.2, -0.15) is 0 Å². The van der Waals surface area contributed by atoms with E-state index in [1.54, 1.807) is 12.1 Å². The van der Waals surface area contributed by atoms with Crippen LogP contribution in [0.5, 0.6) is 0 Å². The third kappa shape index (κ3) is 3.38. The smallest absolute Gasteiger partial charge is 0.229 e. The minimum atomic E-state index is -3.17. The first-order valence-electron chi connectivity index (χ1n) is 4.27. The van der Waals surface area contributed by atoms with Crippen molar-refractivity contribution < 1.29 is 8.42 Å². The molecule has 0 amide bonds. The molecule has 0 saturated heterocycles. The van der Waals surface area contributed by atoms with Gasteiger partial charge in [0.25, 0.3) is 0 Å². The molecule has 1 rings (SSSR count). The first-order valence-corrected chi connectivity index (χ1v) is 6.16. The molecule has 1 aromatic rings. The molecule has 4 heteroatoms. The topological polar surface area (TPSA) is 46.2 Å². The van der Waals surface area contributed by atoms with Gasteiger partial charge in [0.2, 0.25) is 10.0 Å². The molecule has 0 aliphatic heterocycles. The lowest BCUT2D eigenvalue weighted by molar-refractivity contribution is 0.607. The summed E-state index contributed by atoms with van der Waals surface area (Å²) in [5.41, 5.74) is 1.71. The van der Waals surface area contributed by atoms with Gasteiger partial charge < -0.3 is 0 Å². The van der Waals surface area contributed by atoms with E-state index in [1.807, 2.05) is 26.0 Å². The van der Waals surface area contributed by atoms with Crippen LogP contribution in [0.3, 0.4) is 0 Å². The van der Waals surface area contributed by atoms with E-state index in [9.17, 15) is 8.42 Å². The van der Waals surface area contributed by atoms with E-state index in [0.717, 1.165) is 11.8 Å². The van der Waals surface area contributed by atoms with Gasteiger partial charge in [0.15, 0.2) is 0 Å². The molecular formula is C10H14NO2S. The summed E-state index contributed by atoms with van der Waals surface area (Å²) in [4.78, 5) is 0. The Morgan fingerprint density at radius 1 is 1.14 bits per heavy atom. The highest BCUT2D eigenvalue weighted by Gasteiger charge is 2.02. The fraction of sp³-hybridized carbons (Fsp3) is 0.300. The van der Waals surface area contributed by atoms with Crippen LogP contribution in [0.2, 0.25) is 0 Å². The second-order valence-electron chi connectivity index (χ2n) is 3.45. The van der Waals surface area contributed by atoms with E-state index >= 15 is 0 Å². The highest BCUT2D eigenvalue weighted by atomic mass is 32.2. The maximum absolute atomic E-state index is 10.9. The lowest BCUT2D eigenvalue weighted by Crippen LogP contribution is -2.09. The number of anilines is 1. The van der Waals surface area contributed by atoms with Crippen molar-refractivity contribution in [3.8, 4) is 0 Å². The average Bonchev–Trinajstić information content (AvgIpc) is 2.02. The quantitative estimate of drug-likeness (QED) is 0.833. The van der Waals surface area contributed by atoms with Crippen LogP contribution in [-0.4, -0.2) is 14.7 Å². The van der Waals surface area contributed by atoms with Gasteiger partial charge in [0.05, 0.1) is 6.26 Å². The first kappa shape index (κ1) is 11.0. The number of hydrogen-bond donors (Lipinski definition) is 1. The summed E-state index contributed by atoms with van der Waals surface area (Å²) in [6, 6.07) is 7.29. The van der Waals surface area contributed by atoms with Crippen LogP contribution in [0, 0.1) is 5.92 Å². The Balaban J connectivity index is 2.84. The van der Waals surface area contributed by atoms with E-state index in [-0.39, 0.29) is 0 Å². The van der Waals surface area contributed by atoms with Crippen LogP contribution in [-0.2, 0) is 10.0 Å². The van der Waals surface area contributed by atoms with Crippen molar-refractivity contribution in [2.24, 2.45) is 0 Å². The Hall–Kier alpha value is -1.03. The number of sulfonamides is 1. The van der Waals surface area contributed by atoms with Gasteiger partial charge in [0, 0.05) is 5.69 Å². The summed E-state index contributed by atoms with van der Waals surface area (Å²) < 4.78 is 24.2. The van der Waals surface area contributed by atoms with Gasteiger partial charge >= 0.3 is 0 Å². The van der Waals surface area contributed by atoms with Gasteiger partial charge in [-0.3, -0.25) is 4.72 Å². The second kappa shape index (κ2) is 4.00. The molecule has 0 aromatic heterocycles. The largest absolute Gasteiger partial charge is 0.284 e. The first-order chi connectivity index (χ1) is 6.38. The monoisotopic (exact) mass is 212 g/mol. The molecule has 1 N–H and O–H groups in total. The van der Waals surface area contributed by atoms with Crippen molar-refractivity contribution in [2.75, 3.05) is 11.0 Å². The standard InChI is InChI=1S/C10H14NO2S/c1-8(2)9-4-6-10(7-5-9)11-14(3,12)13/h4-7,11H,1-3H3. The SMILES string of the molecule is C[C](C)c1ccc(NS(C)(=O)=O)cc1. The van der Waals surface area contributed by atoms with Gasteiger partial charge in [0.1, 0.15) is 0 Å². The molecule has 3 nitrogen and oxygen atoms in total. The molecule has 0 saturated carbocycles. The van der Waals surface area contributed by atoms with Crippen LogP contribution in [0.4, 0.5) is 5.69 Å². The molecular weight excluding hydrogens is 198 g/mol. The van der Waals surface area contributed by atoms with Crippen LogP contribution in [0.1, 0.15) is 19.4 Å². The third-order valence-corrected chi connectivity index (χ3v) is 2.37. The Morgan fingerprint density at radius 3 is 2.00 bits per heavy atom. The predicted octanol–water partition coefficient (Wildman–Crippen LogP) is 2.02. The lowest BCUT2D eigenvalue weighted by Gasteiger charge is -2.07. The summed E-state index contributed by atoms with van der Waals surface area (Å²) in [6.45, 7) is 4.03. The molecule has 0 fully saturated rings. The highest BCUT2D eigenvalue weighted by Crippen LogP contribution is 2.16. The zero-order valence-electron chi connectivity index (χ0n) is 8.53. The van der Waals surface area contributed by atoms with Gasteiger partial charge in [-0.15, -0.1) is 0 Å². The molecule has 0 atom stereocenters. The average molecular weight is 212 g/mol. The van der Waals surface area contributed by atoms with E-state index in [1.165, 1.54) is 5.92 Å². The number of hydrogen-bond acceptors (Lipinski definition) is 2. The lowest BCUT2D eigenvalue weighted by atomic mass is 10.0. The molecule has 1 aromatic carbocycles. The van der Waals surface area contributed by atoms with Crippen molar-refractivity contribution in [3.05, 3.63) is 35.7 Å². The predicted molar refractivity (Wildman–Crippen MR) is 58.6 cm³/mol. The molecule has 1 radical (unpaired) electrons. The second-order valence-corrected chi connectivity index (χ2v) is 5.20. The van der Waals surface area contributed by atoms with Crippen LogP contribution >= 0.6 is 0 Å². The zero-order valence-corrected chi connectivity index (χ0v) is 9.35. The summed E-state index contributed by atoms with van der Waals surface area (Å²) >= 11 is 0. The zero-order chi connectivity index (χ0) is 10.8. The van der Waals surface area contributed by atoms with Crippen LogP contribution < -0.4 is 4.72 Å². The van der Waals surface area contributed by atoms with Crippen molar-refractivity contribution in [1.82, 2.24) is 0 Å². The minimum absolute atomic E-state index is 0.595. The molecule has 0 spiro atoms. The van der Waals surface area contributed by atoms with Crippen molar-refractivity contribution >= 4 is 15.7 Å². The summed E-state index contributed by atoms with van der Waals surface area (Å²) in [5.74, 6) is 1.20. The van der Waals surface area contributed by atoms with Crippen LogP contribution in [0.25, 0.3) is 0 Å². The number of nitrogens with one attached hydrogen (secondary N) is 1. The summed E-state index contributed by atoms with van der Waals surface area (Å²) in [6.07, 6.45) is 1.14. The van der Waals surface area contributed by atoms with E-state index < -0.39 is 10.0 Å². The Kier molecular flexibility index (Phi) is 3.16. The summed E-state index contributed by atoms with van der Waals surface area (Å²) in [5, 5.41) is 0.